The summed E-state index contributed by atoms with van der Waals surface area (Å²) in [5.41, 5.74) is 1.46. The number of methoxy groups -OCH3 is 2. The summed E-state index contributed by atoms with van der Waals surface area (Å²) in [6.07, 6.45) is 1.47. The van der Waals surface area contributed by atoms with Gasteiger partial charge in [0.25, 0.3) is 5.91 Å². The van der Waals surface area contributed by atoms with E-state index in [1.807, 2.05) is 16.8 Å². The number of aromatic nitrogens is 2. The Hall–Kier alpha value is -1.86. The molecule has 6 nitrogen and oxygen atoms in total. The first-order valence-electron chi connectivity index (χ1n) is 6.06. The van der Waals surface area contributed by atoms with Crippen molar-refractivity contribution in [2.75, 3.05) is 20.8 Å². The summed E-state index contributed by atoms with van der Waals surface area (Å²) in [5.74, 6) is 0.0849. The van der Waals surface area contributed by atoms with Crippen LogP contribution in [0.25, 0.3) is 0 Å². The van der Waals surface area contributed by atoms with Crippen molar-refractivity contribution in [2.24, 2.45) is 7.05 Å². The average Bonchev–Trinajstić information content (AvgIpc) is 3.08. The minimum atomic E-state index is -0.229. The van der Waals surface area contributed by atoms with Gasteiger partial charge in [-0.1, -0.05) is 0 Å². The molecule has 2 aromatic rings. The number of nitrogens with one attached hydrogen (secondary N) is 1. The van der Waals surface area contributed by atoms with Gasteiger partial charge in [0.05, 0.1) is 7.11 Å². The Kier molecular flexibility index (Phi) is 4.75. The quantitative estimate of drug-likeness (QED) is 0.879. The lowest BCUT2D eigenvalue weighted by Gasteiger charge is -2.14. The Bertz CT molecular complexity index is 565. The average molecular weight is 295 g/mol. The number of hydrogen-bond donors (Lipinski definition) is 1. The first kappa shape index (κ1) is 14.5. The molecule has 0 radical (unpaired) electrons. The maximum Gasteiger partial charge on any atom is 0.258 e. The number of amides is 1. The zero-order valence-electron chi connectivity index (χ0n) is 11.6. The molecule has 1 amide bonds. The van der Waals surface area contributed by atoms with Gasteiger partial charge in [0.2, 0.25) is 5.88 Å². The smallest absolute Gasteiger partial charge is 0.258 e. The van der Waals surface area contributed by atoms with Crippen molar-refractivity contribution in [2.45, 2.75) is 6.10 Å². The number of carbonyl (C=O) groups is 1. The van der Waals surface area contributed by atoms with Crippen LogP contribution in [0.15, 0.2) is 23.0 Å². The van der Waals surface area contributed by atoms with E-state index in [0.29, 0.717) is 18.0 Å². The largest absolute Gasteiger partial charge is 0.479 e. The third-order valence-corrected chi connectivity index (χ3v) is 3.58. The highest BCUT2D eigenvalue weighted by atomic mass is 32.1. The summed E-state index contributed by atoms with van der Waals surface area (Å²) in [7, 11) is 4.85. The van der Waals surface area contributed by atoms with Crippen LogP contribution in [0.2, 0.25) is 0 Å². The van der Waals surface area contributed by atoms with Crippen LogP contribution in [0.5, 0.6) is 5.88 Å². The van der Waals surface area contributed by atoms with Crippen LogP contribution in [-0.4, -0.2) is 36.5 Å². The van der Waals surface area contributed by atoms with E-state index < -0.39 is 0 Å². The topological polar surface area (TPSA) is 65.4 Å². The molecule has 0 bridgehead atoms. The van der Waals surface area contributed by atoms with Crippen LogP contribution in [0.1, 0.15) is 22.0 Å². The molecule has 0 fully saturated rings. The number of carbonyl (C=O) groups excluding carboxylic acids is 1. The standard InChI is InChI=1S/C13H17N3O3S/c1-16-7-10(13(15-16)19-3)12(17)14-6-11(18-2)9-4-5-20-8-9/h4-5,7-8,11H,6H2,1-3H3,(H,14,17)/t11-/m1/s1. The summed E-state index contributed by atoms with van der Waals surface area (Å²) >= 11 is 1.60. The highest BCUT2D eigenvalue weighted by Crippen LogP contribution is 2.19. The van der Waals surface area contributed by atoms with E-state index in [2.05, 4.69) is 10.4 Å². The Morgan fingerprint density at radius 3 is 2.95 bits per heavy atom. The van der Waals surface area contributed by atoms with Gasteiger partial charge in [0.1, 0.15) is 11.7 Å². The lowest BCUT2D eigenvalue weighted by Crippen LogP contribution is -2.29. The second-order valence-electron chi connectivity index (χ2n) is 4.22. The maximum atomic E-state index is 12.1. The number of thiophene rings is 1. The molecule has 2 heterocycles. The van der Waals surface area contributed by atoms with E-state index in [4.69, 9.17) is 9.47 Å². The summed E-state index contributed by atoms with van der Waals surface area (Å²) in [6, 6.07) is 1.98. The van der Waals surface area contributed by atoms with Gasteiger partial charge in [0.15, 0.2) is 0 Å². The Balaban J connectivity index is 2.01. The molecule has 1 N–H and O–H groups in total. The third kappa shape index (κ3) is 3.17. The van der Waals surface area contributed by atoms with Crippen LogP contribution < -0.4 is 10.1 Å². The number of nitrogens with zero attached hydrogens (tertiary/aromatic N) is 2. The number of aryl methyl sites for hydroxylation is 1. The molecule has 1 atom stereocenters. The molecular weight excluding hydrogens is 278 g/mol. The van der Waals surface area contributed by atoms with Gasteiger partial charge in [-0.05, 0) is 22.4 Å². The van der Waals surface area contributed by atoms with Gasteiger partial charge in [-0.3, -0.25) is 9.48 Å². The van der Waals surface area contributed by atoms with E-state index in [0.717, 1.165) is 5.56 Å². The first-order chi connectivity index (χ1) is 9.65. The van der Waals surface area contributed by atoms with Crippen molar-refractivity contribution in [3.8, 4) is 5.88 Å². The second-order valence-corrected chi connectivity index (χ2v) is 5.00. The van der Waals surface area contributed by atoms with Crippen LogP contribution >= 0.6 is 11.3 Å². The monoisotopic (exact) mass is 295 g/mol. The van der Waals surface area contributed by atoms with Gasteiger partial charge >= 0.3 is 0 Å². The SMILES string of the molecule is COc1nn(C)cc1C(=O)NC[C@@H](OC)c1ccsc1. The predicted octanol–water partition coefficient (Wildman–Crippen LogP) is 1.61. The van der Waals surface area contributed by atoms with E-state index in [9.17, 15) is 4.79 Å². The van der Waals surface area contributed by atoms with Gasteiger partial charge in [0, 0.05) is 26.9 Å². The van der Waals surface area contributed by atoms with Crippen molar-refractivity contribution >= 4 is 17.2 Å². The molecule has 108 valence electrons. The van der Waals surface area contributed by atoms with Crippen molar-refractivity contribution in [3.05, 3.63) is 34.2 Å². The van der Waals surface area contributed by atoms with Crippen LogP contribution in [-0.2, 0) is 11.8 Å². The molecule has 0 saturated heterocycles. The molecule has 20 heavy (non-hydrogen) atoms. The first-order valence-corrected chi connectivity index (χ1v) is 7.00. The summed E-state index contributed by atoms with van der Waals surface area (Å²) in [4.78, 5) is 12.1. The summed E-state index contributed by atoms with van der Waals surface area (Å²) < 4.78 is 12.0. The molecular formula is C13H17N3O3S. The van der Waals surface area contributed by atoms with E-state index in [1.165, 1.54) is 7.11 Å². The van der Waals surface area contributed by atoms with Crippen LogP contribution in [0.3, 0.4) is 0 Å². The number of hydrogen-bond acceptors (Lipinski definition) is 5. The van der Waals surface area contributed by atoms with Crippen molar-refractivity contribution < 1.29 is 14.3 Å². The van der Waals surface area contributed by atoms with E-state index in [1.54, 1.807) is 36.4 Å². The minimum Gasteiger partial charge on any atom is -0.479 e. The zero-order chi connectivity index (χ0) is 14.5. The minimum absolute atomic E-state index is 0.159. The van der Waals surface area contributed by atoms with Gasteiger partial charge in [-0.2, -0.15) is 11.3 Å². The number of rotatable bonds is 6. The zero-order valence-corrected chi connectivity index (χ0v) is 12.4. The highest BCUT2D eigenvalue weighted by molar-refractivity contribution is 7.07. The third-order valence-electron chi connectivity index (χ3n) is 2.88. The van der Waals surface area contributed by atoms with E-state index >= 15 is 0 Å². The van der Waals surface area contributed by atoms with Crippen molar-refractivity contribution in [1.82, 2.24) is 15.1 Å². The Morgan fingerprint density at radius 2 is 2.35 bits per heavy atom. The van der Waals surface area contributed by atoms with Crippen molar-refractivity contribution in [1.29, 1.82) is 0 Å². The predicted molar refractivity (Wildman–Crippen MR) is 76.2 cm³/mol. The lowest BCUT2D eigenvalue weighted by atomic mass is 10.2. The molecule has 0 aliphatic carbocycles. The normalized spacial score (nSPS) is 12.2. The fourth-order valence-electron chi connectivity index (χ4n) is 1.85. The molecule has 0 unspecified atom stereocenters. The van der Waals surface area contributed by atoms with E-state index in [-0.39, 0.29) is 12.0 Å². The van der Waals surface area contributed by atoms with Crippen LogP contribution in [0, 0.1) is 0 Å². The molecule has 2 rings (SSSR count). The number of ether oxygens (including phenoxy) is 2. The fourth-order valence-corrected chi connectivity index (χ4v) is 2.55. The molecule has 0 aliphatic heterocycles. The fraction of sp³-hybridized carbons (Fsp3) is 0.385. The summed E-state index contributed by atoms with van der Waals surface area (Å²) in [6.45, 7) is 0.393. The maximum absolute atomic E-state index is 12.1. The van der Waals surface area contributed by atoms with Gasteiger partial charge in [-0.15, -0.1) is 5.10 Å². The van der Waals surface area contributed by atoms with Gasteiger partial charge < -0.3 is 14.8 Å². The molecule has 0 aromatic carbocycles. The molecule has 0 aliphatic rings. The Morgan fingerprint density at radius 1 is 1.55 bits per heavy atom. The van der Waals surface area contributed by atoms with Gasteiger partial charge in [-0.25, -0.2) is 0 Å². The summed E-state index contributed by atoms with van der Waals surface area (Å²) in [5, 5.41) is 10.9. The molecule has 2 aromatic heterocycles. The second kappa shape index (κ2) is 6.53. The van der Waals surface area contributed by atoms with Crippen LogP contribution in [0.4, 0.5) is 0 Å². The van der Waals surface area contributed by atoms with Crippen molar-refractivity contribution in [3.63, 3.8) is 0 Å². The molecule has 0 saturated carbocycles. The molecule has 0 spiro atoms. The lowest BCUT2D eigenvalue weighted by molar-refractivity contribution is 0.0827. The molecule has 7 heteroatoms. The highest BCUT2D eigenvalue weighted by Gasteiger charge is 2.18. The Labute approximate surface area is 121 Å².